The quantitative estimate of drug-likeness (QED) is 0.595. The number of carbonyl (C=O) groups is 2. The molecule has 0 spiro atoms. The zero-order valence-corrected chi connectivity index (χ0v) is 6.30. The highest BCUT2D eigenvalue weighted by molar-refractivity contribution is 8.03. The van der Waals surface area contributed by atoms with Crippen molar-refractivity contribution in [3.8, 4) is 0 Å². The number of hydrogen-bond donors (Lipinski definition) is 1. The summed E-state index contributed by atoms with van der Waals surface area (Å²) in [7, 11) is 0. The van der Waals surface area contributed by atoms with E-state index in [1.165, 1.54) is 17.2 Å². The Bertz CT molecular complexity index is 273. The van der Waals surface area contributed by atoms with Gasteiger partial charge in [-0.3, -0.25) is 4.79 Å². The normalized spacial score (nSPS) is 27.6. The van der Waals surface area contributed by atoms with Gasteiger partial charge in [0.05, 0.1) is 6.54 Å². The van der Waals surface area contributed by atoms with Crippen LogP contribution in [-0.4, -0.2) is 33.7 Å². The number of aliphatic carboxylic acids is 1. The van der Waals surface area contributed by atoms with Crippen LogP contribution >= 0.6 is 11.8 Å². The Balaban J connectivity index is 2.18. The monoisotopic (exact) mass is 171 g/mol. The average Bonchev–Trinajstić information content (AvgIpc) is 2.25. The first kappa shape index (κ1) is 6.72. The summed E-state index contributed by atoms with van der Waals surface area (Å²) in [5, 5.41) is 9.88. The Morgan fingerprint density at radius 3 is 3.00 bits per heavy atom. The van der Waals surface area contributed by atoms with E-state index in [4.69, 9.17) is 5.11 Å². The van der Waals surface area contributed by atoms with Crippen molar-refractivity contribution in [1.29, 1.82) is 0 Å². The van der Waals surface area contributed by atoms with E-state index in [1.54, 1.807) is 4.90 Å². The number of nitrogens with zero attached hydrogens (tertiary/aromatic N) is 1. The van der Waals surface area contributed by atoms with Crippen LogP contribution in [-0.2, 0) is 9.59 Å². The number of thioether (sulfide) groups is 1. The van der Waals surface area contributed by atoms with Crippen LogP contribution < -0.4 is 0 Å². The summed E-state index contributed by atoms with van der Waals surface area (Å²) in [5.41, 5.74) is 0.250. The zero-order valence-electron chi connectivity index (χ0n) is 5.48. The summed E-state index contributed by atoms with van der Waals surface area (Å²) in [6, 6.07) is 0. The number of fused-ring (bicyclic) bond motifs is 1. The molecule has 11 heavy (non-hydrogen) atoms. The van der Waals surface area contributed by atoms with Crippen LogP contribution in [0.15, 0.2) is 11.1 Å². The molecule has 0 aromatic heterocycles. The van der Waals surface area contributed by atoms with Crippen molar-refractivity contribution < 1.29 is 14.7 Å². The summed E-state index contributed by atoms with van der Waals surface area (Å²) in [6.07, 6.45) is 0. The van der Waals surface area contributed by atoms with E-state index >= 15 is 0 Å². The summed E-state index contributed by atoms with van der Waals surface area (Å²) >= 11 is 1.27. The molecule has 5 heteroatoms. The van der Waals surface area contributed by atoms with Gasteiger partial charge in [-0.15, -0.1) is 0 Å². The molecule has 2 aliphatic rings. The van der Waals surface area contributed by atoms with Crippen LogP contribution in [0.25, 0.3) is 0 Å². The number of hydrogen-bond acceptors (Lipinski definition) is 4. The largest absolute Gasteiger partial charge is 0.477 e. The van der Waals surface area contributed by atoms with E-state index in [0.29, 0.717) is 0 Å². The van der Waals surface area contributed by atoms with Crippen molar-refractivity contribution in [2.24, 2.45) is 0 Å². The van der Waals surface area contributed by atoms with E-state index in [9.17, 15) is 9.59 Å². The Hall–Kier alpha value is -0.970. The zero-order chi connectivity index (χ0) is 8.01. The lowest BCUT2D eigenvalue weighted by Crippen LogP contribution is -2.52. The Kier molecular flexibility index (Phi) is 1.23. The van der Waals surface area contributed by atoms with Gasteiger partial charge in [0.1, 0.15) is 11.1 Å². The lowest BCUT2D eigenvalue weighted by atomic mass is 10.2. The van der Waals surface area contributed by atoms with Crippen LogP contribution in [0.5, 0.6) is 0 Å². The molecule has 4 nitrogen and oxygen atoms in total. The molecule has 0 aliphatic carbocycles. The van der Waals surface area contributed by atoms with Crippen molar-refractivity contribution in [2.45, 2.75) is 5.37 Å². The SMILES string of the molecule is O=C(O)C1=CSC2C(=O)CN12. The van der Waals surface area contributed by atoms with Crippen LogP contribution in [0.2, 0.25) is 0 Å². The van der Waals surface area contributed by atoms with Gasteiger partial charge in [0.25, 0.3) is 0 Å². The molecule has 58 valence electrons. The standard InChI is InChI=1S/C6H5NO3S/c8-4-1-7-3(6(9)10)2-11-5(4)7/h2,5H,1H2,(H,9,10). The molecule has 0 saturated carbocycles. The van der Waals surface area contributed by atoms with Gasteiger partial charge in [-0.2, -0.15) is 0 Å². The minimum absolute atomic E-state index is 0.113. The van der Waals surface area contributed by atoms with Gasteiger partial charge in [-0.1, -0.05) is 11.8 Å². The molecule has 1 fully saturated rings. The van der Waals surface area contributed by atoms with Gasteiger partial charge >= 0.3 is 5.97 Å². The molecule has 1 saturated heterocycles. The minimum atomic E-state index is -0.951. The highest BCUT2D eigenvalue weighted by Crippen LogP contribution is 2.37. The third-order valence-electron chi connectivity index (χ3n) is 1.72. The fourth-order valence-electron chi connectivity index (χ4n) is 1.12. The van der Waals surface area contributed by atoms with Gasteiger partial charge in [0.2, 0.25) is 0 Å². The minimum Gasteiger partial charge on any atom is -0.477 e. The van der Waals surface area contributed by atoms with E-state index in [1.807, 2.05) is 0 Å². The maximum atomic E-state index is 10.8. The second kappa shape index (κ2) is 2.01. The molecule has 0 aromatic carbocycles. The first-order chi connectivity index (χ1) is 5.20. The molecular formula is C6H5NO3S. The fraction of sp³-hybridized carbons (Fsp3) is 0.333. The van der Waals surface area contributed by atoms with Crippen molar-refractivity contribution in [3.05, 3.63) is 11.1 Å². The lowest BCUT2D eigenvalue weighted by molar-refractivity contribution is -0.137. The number of Topliss-reactive ketones (excluding diaryl/α,β-unsaturated/α-hetero) is 1. The van der Waals surface area contributed by atoms with Crippen molar-refractivity contribution in [3.63, 3.8) is 0 Å². The number of rotatable bonds is 1. The molecule has 1 N–H and O–H groups in total. The summed E-state index contributed by atoms with van der Waals surface area (Å²) in [5.74, 6) is -0.838. The molecule has 0 aromatic rings. The molecule has 0 amide bonds. The van der Waals surface area contributed by atoms with E-state index in [0.717, 1.165) is 0 Å². The van der Waals surface area contributed by atoms with Gasteiger partial charge in [0, 0.05) is 5.41 Å². The van der Waals surface area contributed by atoms with Crippen LogP contribution in [0.4, 0.5) is 0 Å². The predicted octanol–water partition coefficient (Wildman–Crippen LogP) is -0.130. The van der Waals surface area contributed by atoms with Gasteiger partial charge < -0.3 is 10.0 Å². The van der Waals surface area contributed by atoms with Gasteiger partial charge in [-0.05, 0) is 0 Å². The van der Waals surface area contributed by atoms with Crippen LogP contribution in [0.3, 0.4) is 0 Å². The maximum absolute atomic E-state index is 10.8. The van der Waals surface area contributed by atoms with Gasteiger partial charge in [0.15, 0.2) is 5.78 Å². The number of ketones is 1. The van der Waals surface area contributed by atoms with E-state index < -0.39 is 5.97 Å². The molecular weight excluding hydrogens is 166 g/mol. The summed E-state index contributed by atoms with van der Waals surface area (Å²) in [4.78, 5) is 22.8. The average molecular weight is 171 g/mol. The lowest BCUT2D eigenvalue weighted by Gasteiger charge is -2.34. The highest BCUT2D eigenvalue weighted by Gasteiger charge is 2.44. The maximum Gasteiger partial charge on any atom is 0.352 e. The van der Waals surface area contributed by atoms with Crippen molar-refractivity contribution in [1.82, 2.24) is 4.90 Å². The predicted molar refractivity (Wildman–Crippen MR) is 38.8 cm³/mol. The van der Waals surface area contributed by atoms with Gasteiger partial charge in [-0.25, -0.2) is 4.79 Å². The smallest absolute Gasteiger partial charge is 0.352 e. The first-order valence-corrected chi connectivity index (χ1v) is 4.03. The fourth-order valence-corrected chi connectivity index (χ4v) is 2.18. The molecule has 0 bridgehead atoms. The topological polar surface area (TPSA) is 57.6 Å². The van der Waals surface area contributed by atoms with E-state index in [2.05, 4.69) is 0 Å². The van der Waals surface area contributed by atoms with Crippen LogP contribution in [0.1, 0.15) is 0 Å². The number of carbonyl (C=O) groups excluding carboxylic acids is 1. The second-order valence-corrected chi connectivity index (χ2v) is 3.35. The van der Waals surface area contributed by atoms with E-state index in [-0.39, 0.29) is 23.4 Å². The number of carboxylic acids is 1. The Labute approximate surface area is 66.9 Å². The molecule has 1 atom stereocenters. The Morgan fingerprint density at radius 2 is 2.55 bits per heavy atom. The first-order valence-electron chi connectivity index (χ1n) is 3.08. The van der Waals surface area contributed by atoms with Crippen molar-refractivity contribution in [2.75, 3.05) is 6.54 Å². The number of carboxylic acid groups (broad SMARTS) is 1. The molecule has 2 aliphatic heterocycles. The summed E-state index contributed by atoms with van der Waals surface area (Å²) in [6.45, 7) is 0.260. The third-order valence-corrected chi connectivity index (χ3v) is 2.86. The Morgan fingerprint density at radius 1 is 1.82 bits per heavy atom. The molecule has 2 rings (SSSR count). The third kappa shape index (κ3) is 0.773. The molecule has 2 heterocycles. The molecule has 0 radical (unpaired) electrons. The van der Waals surface area contributed by atoms with Crippen LogP contribution in [0, 0.1) is 0 Å². The highest BCUT2D eigenvalue weighted by atomic mass is 32.2. The summed E-state index contributed by atoms with van der Waals surface area (Å²) < 4.78 is 0. The van der Waals surface area contributed by atoms with Crippen molar-refractivity contribution >= 4 is 23.5 Å². The second-order valence-electron chi connectivity index (χ2n) is 2.39. The molecule has 1 unspecified atom stereocenters.